The molecule has 0 bridgehead atoms. The third-order valence-electron chi connectivity index (χ3n) is 6.91. The number of aliphatic carboxylic acids is 1. The highest BCUT2D eigenvalue weighted by Gasteiger charge is 2.38. The highest BCUT2D eigenvalue weighted by Crippen LogP contribution is 2.44. The van der Waals surface area contributed by atoms with Crippen LogP contribution in [0.1, 0.15) is 50.2 Å². The van der Waals surface area contributed by atoms with E-state index in [1.54, 1.807) is 0 Å². The Morgan fingerprint density at radius 3 is 2.12 bits per heavy atom. The minimum atomic E-state index is -0.886. The lowest BCUT2D eigenvalue weighted by Gasteiger charge is -2.23. The van der Waals surface area contributed by atoms with Gasteiger partial charge in [0, 0.05) is 12.5 Å². The van der Waals surface area contributed by atoms with Gasteiger partial charge in [-0.05, 0) is 52.8 Å². The van der Waals surface area contributed by atoms with Gasteiger partial charge in [-0.2, -0.15) is 0 Å². The van der Waals surface area contributed by atoms with Crippen LogP contribution in [0.25, 0.3) is 11.1 Å². The van der Waals surface area contributed by atoms with Crippen LogP contribution in [0.15, 0.2) is 48.5 Å². The SMILES string of the molecule is CC(C)C(CNC(=O)C(NC(=O)OCC1c2ccccc2-c2ccccc21)C1CC1)CC(=O)O. The van der Waals surface area contributed by atoms with Crippen molar-refractivity contribution in [1.82, 2.24) is 10.6 Å². The van der Waals surface area contributed by atoms with Crippen molar-refractivity contribution in [2.75, 3.05) is 13.2 Å². The van der Waals surface area contributed by atoms with Gasteiger partial charge in [-0.3, -0.25) is 9.59 Å². The molecule has 180 valence electrons. The average molecular weight is 465 g/mol. The van der Waals surface area contributed by atoms with Gasteiger partial charge in [-0.25, -0.2) is 4.79 Å². The molecule has 1 saturated carbocycles. The van der Waals surface area contributed by atoms with Crippen molar-refractivity contribution < 1.29 is 24.2 Å². The van der Waals surface area contributed by atoms with Crippen LogP contribution >= 0.6 is 0 Å². The molecule has 2 unspecified atom stereocenters. The molecule has 7 heteroatoms. The number of nitrogens with one attached hydrogen (secondary N) is 2. The van der Waals surface area contributed by atoms with Gasteiger partial charge in [-0.1, -0.05) is 62.4 Å². The molecule has 4 rings (SSSR count). The first-order chi connectivity index (χ1) is 16.3. The number of amides is 2. The minimum absolute atomic E-state index is 0.00809. The largest absolute Gasteiger partial charge is 0.481 e. The van der Waals surface area contributed by atoms with Crippen LogP contribution < -0.4 is 10.6 Å². The van der Waals surface area contributed by atoms with Gasteiger partial charge in [0.1, 0.15) is 12.6 Å². The average Bonchev–Trinajstić information content (AvgIpc) is 3.61. The fourth-order valence-electron chi connectivity index (χ4n) is 4.70. The summed E-state index contributed by atoms with van der Waals surface area (Å²) in [6.45, 7) is 4.32. The highest BCUT2D eigenvalue weighted by atomic mass is 16.5. The molecule has 2 aromatic rings. The smallest absolute Gasteiger partial charge is 0.407 e. The topological polar surface area (TPSA) is 105 Å². The molecule has 0 aliphatic heterocycles. The number of alkyl carbamates (subject to hydrolysis) is 1. The third-order valence-corrected chi connectivity index (χ3v) is 6.91. The molecule has 0 aromatic heterocycles. The molecule has 3 N–H and O–H groups in total. The Kier molecular flexibility index (Phi) is 7.20. The van der Waals surface area contributed by atoms with Crippen LogP contribution in [0.4, 0.5) is 4.79 Å². The Balaban J connectivity index is 1.35. The second-order valence-corrected chi connectivity index (χ2v) is 9.63. The molecule has 0 spiro atoms. The van der Waals surface area contributed by atoms with Gasteiger partial charge in [0.15, 0.2) is 0 Å². The van der Waals surface area contributed by atoms with Crippen molar-refractivity contribution in [3.8, 4) is 11.1 Å². The second kappa shape index (κ2) is 10.3. The van der Waals surface area contributed by atoms with E-state index in [1.807, 2.05) is 38.1 Å². The molecule has 0 saturated heterocycles. The van der Waals surface area contributed by atoms with E-state index in [4.69, 9.17) is 9.84 Å². The van der Waals surface area contributed by atoms with E-state index in [2.05, 4.69) is 34.9 Å². The number of carboxylic acid groups (broad SMARTS) is 1. The summed E-state index contributed by atoms with van der Waals surface area (Å²) in [5.74, 6) is -1.19. The summed E-state index contributed by atoms with van der Waals surface area (Å²) in [4.78, 5) is 36.6. The van der Waals surface area contributed by atoms with Crippen LogP contribution in [-0.4, -0.2) is 42.3 Å². The van der Waals surface area contributed by atoms with Crippen LogP contribution in [0, 0.1) is 17.8 Å². The van der Waals surface area contributed by atoms with Gasteiger partial charge < -0.3 is 20.5 Å². The molecule has 2 amide bonds. The normalized spacial score (nSPS) is 16.3. The first kappa shape index (κ1) is 23.8. The number of carboxylic acids is 1. The molecule has 0 heterocycles. The van der Waals surface area contributed by atoms with E-state index in [0.717, 1.165) is 35.1 Å². The Bertz CT molecular complexity index is 1020. The Hall–Kier alpha value is -3.35. The maximum absolute atomic E-state index is 12.8. The molecule has 2 aliphatic rings. The lowest BCUT2D eigenvalue weighted by Crippen LogP contribution is -2.49. The first-order valence-electron chi connectivity index (χ1n) is 12.0. The summed E-state index contributed by atoms with van der Waals surface area (Å²) < 4.78 is 5.61. The molecule has 7 nitrogen and oxygen atoms in total. The number of fused-ring (bicyclic) bond motifs is 3. The minimum Gasteiger partial charge on any atom is -0.481 e. The lowest BCUT2D eigenvalue weighted by molar-refractivity contribution is -0.138. The Labute approximate surface area is 199 Å². The Morgan fingerprint density at radius 2 is 1.59 bits per heavy atom. The van der Waals surface area contributed by atoms with E-state index in [1.165, 1.54) is 0 Å². The van der Waals surface area contributed by atoms with E-state index in [-0.39, 0.29) is 49.2 Å². The van der Waals surface area contributed by atoms with Gasteiger partial charge in [0.2, 0.25) is 5.91 Å². The zero-order valence-electron chi connectivity index (χ0n) is 19.6. The summed E-state index contributed by atoms with van der Waals surface area (Å²) >= 11 is 0. The summed E-state index contributed by atoms with van der Waals surface area (Å²) in [5, 5.41) is 14.7. The van der Waals surface area contributed by atoms with Crippen molar-refractivity contribution in [2.45, 2.75) is 45.1 Å². The van der Waals surface area contributed by atoms with Crippen molar-refractivity contribution in [3.63, 3.8) is 0 Å². The van der Waals surface area contributed by atoms with Crippen molar-refractivity contribution in [3.05, 3.63) is 59.7 Å². The van der Waals surface area contributed by atoms with Crippen LogP contribution in [0.2, 0.25) is 0 Å². The number of hydrogen-bond acceptors (Lipinski definition) is 4. The molecule has 2 aliphatic carbocycles. The lowest BCUT2D eigenvalue weighted by atomic mass is 9.92. The summed E-state index contributed by atoms with van der Waals surface area (Å²) in [5.41, 5.74) is 4.57. The van der Waals surface area contributed by atoms with Crippen LogP contribution in [-0.2, 0) is 14.3 Å². The summed E-state index contributed by atoms with van der Waals surface area (Å²) in [7, 11) is 0. The number of rotatable bonds is 10. The quantitative estimate of drug-likeness (QED) is 0.490. The maximum Gasteiger partial charge on any atom is 0.407 e. The standard InChI is InChI=1S/C27H32N2O5/c1-16(2)18(13-24(30)31)14-28-26(32)25(17-11-12-17)29-27(33)34-15-23-21-9-5-3-7-19(21)20-8-4-6-10-22(20)23/h3-10,16-18,23,25H,11-15H2,1-2H3,(H,28,32)(H,29,33)(H,30,31). The zero-order chi connectivity index (χ0) is 24.2. The van der Waals surface area contributed by atoms with Gasteiger partial charge in [0.05, 0.1) is 6.42 Å². The molecule has 34 heavy (non-hydrogen) atoms. The predicted molar refractivity (Wildman–Crippen MR) is 128 cm³/mol. The number of carbonyl (C=O) groups excluding carboxylic acids is 2. The summed E-state index contributed by atoms with van der Waals surface area (Å²) in [6.07, 6.45) is 1.11. The summed E-state index contributed by atoms with van der Waals surface area (Å²) in [6, 6.07) is 15.6. The highest BCUT2D eigenvalue weighted by molar-refractivity contribution is 5.86. The first-order valence-corrected chi connectivity index (χ1v) is 12.0. The maximum atomic E-state index is 12.8. The molecule has 0 radical (unpaired) electrons. The second-order valence-electron chi connectivity index (χ2n) is 9.63. The van der Waals surface area contributed by atoms with Crippen LogP contribution in [0.5, 0.6) is 0 Å². The van der Waals surface area contributed by atoms with E-state index < -0.39 is 18.1 Å². The van der Waals surface area contributed by atoms with Crippen molar-refractivity contribution in [1.29, 1.82) is 0 Å². The number of benzene rings is 2. The Morgan fingerprint density at radius 1 is 1.00 bits per heavy atom. The zero-order valence-corrected chi connectivity index (χ0v) is 19.6. The van der Waals surface area contributed by atoms with Gasteiger partial charge in [0.25, 0.3) is 0 Å². The van der Waals surface area contributed by atoms with Crippen molar-refractivity contribution >= 4 is 18.0 Å². The van der Waals surface area contributed by atoms with E-state index in [9.17, 15) is 14.4 Å². The van der Waals surface area contributed by atoms with E-state index in [0.29, 0.717) is 0 Å². The molecule has 2 atom stereocenters. The van der Waals surface area contributed by atoms with Crippen molar-refractivity contribution in [2.24, 2.45) is 17.8 Å². The molecule has 2 aromatic carbocycles. The molecular weight excluding hydrogens is 432 g/mol. The fourth-order valence-corrected chi connectivity index (χ4v) is 4.70. The fraction of sp³-hybridized carbons (Fsp3) is 0.444. The predicted octanol–water partition coefficient (Wildman–Crippen LogP) is 4.17. The van der Waals surface area contributed by atoms with E-state index >= 15 is 0 Å². The van der Waals surface area contributed by atoms with Gasteiger partial charge >= 0.3 is 12.1 Å². The van der Waals surface area contributed by atoms with Crippen LogP contribution in [0.3, 0.4) is 0 Å². The molecular formula is C27H32N2O5. The molecule has 1 fully saturated rings. The number of carbonyl (C=O) groups is 3. The van der Waals surface area contributed by atoms with Gasteiger partial charge in [-0.15, -0.1) is 0 Å². The number of hydrogen-bond donors (Lipinski definition) is 3. The monoisotopic (exact) mass is 464 g/mol. The third kappa shape index (κ3) is 5.41. The number of ether oxygens (including phenoxy) is 1.